The summed E-state index contributed by atoms with van der Waals surface area (Å²) in [5.74, 6) is 0.461. The van der Waals surface area contributed by atoms with Gasteiger partial charge in [-0.25, -0.2) is 4.79 Å². The van der Waals surface area contributed by atoms with Crippen LogP contribution in [0, 0.1) is 5.92 Å². The molecule has 1 fully saturated rings. The minimum absolute atomic E-state index is 0.109. The molecule has 1 heterocycles. The maximum Gasteiger partial charge on any atom is 0.320 e. The Labute approximate surface area is 104 Å². The molecule has 0 N–H and O–H groups in total. The van der Waals surface area contributed by atoms with E-state index in [4.69, 9.17) is 9.47 Å². The molecule has 1 aliphatic rings. The molecule has 1 atom stereocenters. The van der Waals surface area contributed by atoms with Gasteiger partial charge in [0.05, 0.1) is 19.3 Å². The monoisotopic (exact) mass is 244 g/mol. The van der Waals surface area contributed by atoms with Gasteiger partial charge in [-0.2, -0.15) is 0 Å². The number of urea groups is 1. The van der Waals surface area contributed by atoms with Crippen LogP contribution in [0.1, 0.15) is 13.8 Å². The molecule has 1 rings (SSSR count). The molecule has 1 unspecified atom stereocenters. The molecule has 0 bridgehead atoms. The summed E-state index contributed by atoms with van der Waals surface area (Å²) < 4.78 is 10.1. The molecule has 5 heteroatoms. The molecule has 17 heavy (non-hydrogen) atoms. The van der Waals surface area contributed by atoms with E-state index in [9.17, 15) is 4.79 Å². The highest BCUT2D eigenvalue weighted by atomic mass is 16.5. The highest BCUT2D eigenvalue weighted by molar-refractivity contribution is 5.77. The minimum atomic E-state index is 0.109. The maximum atomic E-state index is 12.2. The number of carbonyl (C=O) groups excluding carboxylic acids is 1. The van der Waals surface area contributed by atoms with E-state index in [2.05, 4.69) is 13.8 Å². The van der Waals surface area contributed by atoms with E-state index >= 15 is 0 Å². The fourth-order valence-electron chi connectivity index (χ4n) is 2.14. The van der Waals surface area contributed by atoms with Crippen molar-refractivity contribution in [3.05, 3.63) is 0 Å². The van der Waals surface area contributed by atoms with Gasteiger partial charge in [0.25, 0.3) is 0 Å². The van der Waals surface area contributed by atoms with Crippen LogP contribution in [0.15, 0.2) is 0 Å². The SMILES string of the molecule is COCCN1CC(C(C)C)N(CCOC)C1=O. The van der Waals surface area contributed by atoms with Crippen LogP contribution >= 0.6 is 0 Å². The summed E-state index contributed by atoms with van der Waals surface area (Å²) >= 11 is 0. The average molecular weight is 244 g/mol. The average Bonchev–Trinajstić information content (AvgIpc) is 2.61. The van der Waals surface area contributed by atoms with Gasteiger partial charge in [0, 0.05) is 33.9 Å². The summed E-state index contributed by atoms with van der Waals surface area (Å²) in [6.45, 7) is 7.62. The van der Waals surface area contributed by atoms with Gasteiger partial charge in [-0.1, -0.05) is 13.8 Å². The van der Waals surface area contributed by atoms with E-state index < -0.39 is 0 Å². The first-order valence-electron chi connectivity index (χ1n) is 6.15. The topological polar surface area (TPSA) is 42.0 Å². The van der Waals surface area contributed by atoms with Gasteiger partial charge < -0.3 is 19.3 Å². The standard InChI is InChI=1S/C12H24N2O3/c1-10(2)11-9-13(5-7-16-3)12(15)14(11)6-8-17-4/h10-11H,5-9H2,1-4H3. The second-order valence-electron chi connectivity index (χ2n) is 4.72. The Bertz CT molecular complexity index is 246. The number of rotatable bonds is 7. The lowest BCUT2D eigenvalue weighted by atomic mass is 10.0. The largest absolute Gasteiger partial charge is 0.383 e. The van der Waals surface area contributed by atoms with Crippen LogP contribution in [0.3, 0.4) is 0 Å². The lowest BCUT2D eigenvalue weighted by Crippen LogP contribution is -2.40. The summed E-state index contributed by atoms with van der Waals surface area (Å²) in [5.41, 5.74) is 0. The molecular weight excluding hydrogens is 220 g/mol. The first kappa shape index (κ1) is 14.3. The summed E-state index contributed by atoms with van der Waals surface area (Å²) in [6.07, 6.45) is 0. The summed E-state index contributed by atoms with van der Waals surface area (Å²) in [6, 6.07) is 0.396. The second-order valence-corrected chi connectivity index (χ2v) is 4.72. The van der Waals surface area contributed by atoms with Crippen LogP contribution < -0.4 is 0 Å². The van der Waals surface area contributed by atoms with Crippen LogP contribution in [0.4, 0.5) is 4.79 Å². The van der Waals surface area contributed by atoms with Gasteiger partial charge in [0.1, 0.15) is 0 Å². The molecule has 0 saturated carbocycles. The number of carbonyl (C=O) groups is 1. The zero-order chi connectivity index (χ0) is 12.8. The third kappa shape index (κ3) is 3.57. The normalized spacial score (nSPS) is 20.8. The zero-order valence-corrected chi connectivity index (χ0v) is 11.3. The number of nitrogens with zero attached hydrogens (tertiary/aromatic N) is 2. The van der Waals surface area contributed by atoms with E-state index in [1.165, 1.54) is 0 Å². The molecule has 0 spiro atoms. The molecule has 1 saturated heterocycles. The van der Waals surface area contributed by atoms with E-state index in [0.717, 1.165) is 6.54 Å². The van der Waals surface area contributed by atoms with Crippen molar-refractivity contribution in [3.8, 4) is 0 Å². The Kier molecular flexibility index (Phi) is 5.71. The van der Waals surface area contributed by atoms with Crippen LogP contribution in [0.2, 0.25) is 0 Å². The fraction of sp³-hybridized carbons (Fsp3) is 0.917. The van der Waals surface area contributed by atoms with E-state index in [-0.39, 0.29) is 12.1 Å². The number of hydrogen-bond donors (Lipinski definition) is 0. The van der Waals surface area contributed by atoms with E-state index in [1.807, 2.05) is 9.80 Å². The van der Waals surface area contributed by atoms with E-state index in [1.54, 1.807) is 14.2 Å². The number of methoxy groups -OCH3 is 2. The molecule has 0 aromatic heterocycles. The van der Waals surface area contributed by atoms with Crippen molar-refractivity contribution < 1.29 is 14.3 Å². The van der Waals surface area contributed by atoms with Crippen molar-refractivity contribution in [2.75, 3.05) is 47.1 Å². The lowest BCUT2D eigenvalue weighted by Gasteiger charge is -2.25. The molecule has 0 aliphatic carbocycles. The maximum absolute atomic E-state index is 12.2. The molecule has 5 nitrogen and oxygen atoms in total. The molecular formula is C12H24N2O3. The molecule has 100 valence electrons. The molecule has 0 radical (unpaired) electrons. The van der Waals surface area contributed by atoms with Crippen molar-refractivity contribution in [1.29, 1.82) is 0 Å². The van der Waals surface area contributed by atoms with E-state index in [0.29, 0.717) is 32.2 Å². The quantitative estimate of drug-likeness (QED) is 0.672. The predicted octanol–water partition coefficient (Wildman–Crippen LogP) is 1.04. The van der Waals surface area contributed by atoms with Gasteiger partial charge in [-0.05, 0) is 5.92 Å². The Hall–Kier alpha value is -0.810. The van der Waals surface area contributed by atoms with Crippen LogP contribution in [0.25, 0.3) is 0 Å². The third-order valence-electron chi connectivity index (χ3n) is 3.20. The highest BCUT2D eigenvalue weighted by Gasteiger charge is 2.37. The van der Waals surface area contributed by atoms with Crippen LogP contribution in [0.5, 0.6) is 0 Å². The van der Waals surface area contributed by atoms with Crippen molar-refractivity contribution in [2.24, 2.45) is 5.92 Å². The van der Waals surface area contributed by atoms with Gasteiger partial charge in [0.2, 0.25) is 0 Å². The summed E-state index contributed by atoms with van der Waals surface area (Å²) in [7, 11) is 3.32. The highest BCUT2D eigenvalue weighted by Crippen LogP contribution is 2.21. The molecule has 2 amide bonds. The minimum Gasteiger partial charge on any atom is -0.383 e. The second kappa shape index (κ2) is 6.81. The predicted molar refractivity (Wildman–Crippen MR) is 66.1 cm³/mol. The van der Waals surface area contributed by atoms with Crippen molar-refractivity contribution in [3.63, 3.8) is 0 Å². The first-order chi connectivity index (χ1) is 8.11. The summed E-state index contributed by atoms with van der Waals surface area (Å²) in [4.78, 5) is 16.0. The molecule has 0 aromatic rings. The van der Waals surface area contributed by atoms with Crippen LogP contribution in [-0.2, 0) is 9.47 Å². The Morgan fingerprint density at radius 1 is 1.24 bits per heavy atom. The third-order valence-corrected chi connectivity index (χ3v) is 3.20. The molecule has 1 aliphatic heterocycles. The summed E-state index contributed by atoms with van der Waals surface area (Å²) in [5, 5.41) is 0. The van der Waals surface area contributed by atoms with Crippen molar-refractivity contribution in [2.45, 2.75) is 19.9 Å². The Morgan fingerprint density at radius 3 is 2.35 bits per heavy atom. The van der Waals surface area contributed by atoms with Gasteiger partial charge in [0.15, 0.2) is 0 Å². The van der Waals surface area contributed by atoms with Crippen molar-refractivity contribution in [1.82, 2.24) is 9.80 Å². The van der Waals surface area contributed by atoms with Gasteiger partial charge >= 0.3 is 6.03 Å². The Morgan fingerprint density at radius 2 is 1.82 bits per heavy atom. The van der Waals surface area contributed by atoms with Gasteiger partial charge in [-0.15, -0.1) is 0 Å². The van der Waals surface area contributed by atoms with Gasteiger partial charge in [-0.3, -0.25) is 0 Å². The van der Waals surface area contributed by atoms with Crippen molar-refractivity contribution >= 4 is 6.03 Å². The molecule has 0 aromatic carbocycles. The van der Waals surface area contributed by atoms with Crippen LogP contribution in [-0.4, -0.2) is 68.9 Å². The lowest BCUT2D eigenvalue weighted by molar-refractivity contribution is 0.132. The fourth-order valence-corrected chi connectivity index (χ4v) is 2.14. The smallest absolute Gasteiger partial charge is 0.320 e. The Balaban J connectivity index is 2.61. The number of ether oxygens (including phenoxy) is 2. The zero-order valence-electron chi connectivity index (χ0n) is 11.3. The first-order valence-corrected chi connectivity index (χ1v) is 6.15. The number of amides is 2. The number of hydrogen-bond acceptors (Lipinski definition) is 3.